The van der Waals surface area contributed by atoms with Crippen molar-refractivity contribution in [1.82, 2.24) is 14.7 Å². The van der Waals surface area contributed by atoms with Crippen LogP contribution in [0.4, 0.5) is 15.4 Å². The highest BCUT2D eigenvalue weighted by Crippen LogP contribution is 2.31. The molecular formula is C20H24N4O5. The van der Waals surface area contributed by atoms with Crippen molar-refractivity contribution in [2.75, 3.05) is 11.9 Å². The van der Waals surface area contributed by atoms with E-state index < -0.39 is 17.8 Å². The van der Waals surface area contributed by atoms with Gasteiger partial charge in [-0.3, -0.25) is 9.69 Å². The van der Waals surface area contributed by atoms with Crippen molar-refractivity contribution in [2.45, 2.75) is 46.4 Å². The lowest BCUT2D eigenvalue weighted by atomic mass is 10.2. The van der Waals surface area contributed by atoms with E-state index in [9.17, 15) is 14.4 Å². The smallest absolute Gasteiger partial charge is 0.435 e. The van der Waals surface area contributed by atoms with E-state index in [0.29, 0.717) is 16.8 Å². The van der Waals surface area contributed by atoms with Crippen LogP contribution >= 0.6 is 0 Å². The third-order valence-corrected chi connectivity index (χ3v) is 4.14. The number of benzene rings is 1. The summed E-state index contributed by atoms with van der Waals surface area (Å²) in [7, 11) is 0. The summed E-state index contributed by atoms with van der Waals surface area (Å²) in [6.07, 6.45) is -1.18. The monoisotopic (exact) mass is 400 g/mol. The van der Waals surface area contributed by atoms with Crippen LogP contribution < -0.4 is 5.32 Å². The molecule has 154 valence electrons. The van der Waals surface area contributed by atoms with Crippen LogP contribution in [-0.4, -0.2) is 45.0 Å². The Hall–Kier alpha value is -3.36. The fraction of sp³-hybridized carbons (Fsp3) is 0.400. The lowest BCUT2D eigenvalue weighted by molar-refractivity contribution is 0.0238. The van der Waals surface area contributed by atoms with Gasteiger partial charge in [0.15, 0.2) is 5.82 Å². The van der Waals surface area contributed by atoms with Crippen molar-refractivity contribution in [2.24, 2.45) is 0 Å². The first-order valence-electron chi connectivity index (χ1n) is 9.32. The van der Waals surface area contributed by atoms with E-state index in [1.807, 2.05) is 6.07 Å². The second-order valence-electron chi connectivity index (χ2n) is 7.54. The number of rotatable bonds is 3. The highest BCUT2D eigenvalue weighted by atomic mass is 16.6. The molecule has 1 aliphatic rings. The zero-order valence-electron chi connectivity index (χ0n) is 16.9. The summed E-state index contributed by atoms with van der Waals surface area (Å²) in [4.78, 5) is 38.8. The molecule has 1 N–H and O–H groups in total. The molecule has 2 amide bonds. The summed E-state index contributed by atoms with van der Waals surface area (Å²) in [5.41, 5.74) is 0.864. The average molecular weight is 400 g/mol. The molecule has 0 saturated heterocycles. The topological polar surface area (TPSA) is 103 Å². The first-order chi connectivity index (χ1) is 13.7. The minimum atomic E-state index is -0.671. The fourth-order valence-corrected chi connectivity index (χ4v) is 2.90. The Morgan fingerprint density at radius 2 is 1.79 bits per heavy atom. The Balaban J connectivity index is 1.88. The number of hydrogen-bond donors (Lipinski definition) is 1. The van der Waals surface area contributed by atoms with Gasteiger partial charge < -0.3 is 14.8 Å². The maximum Gasteiger partial charge on any atom is 0.435 e. The largest absolute Gasteiger partial charge is 0.448 e. The molecule has 0 unspecified atom stereocenters. The summed E-state index contributed by atoms with van der Waals surface area (Å²) >= 11 is 0. The summed E-state index contributed by atoms with van der Waals surface area (Å²) < 4.78 is 11.5. The van der Waals surface area contributed by atoms with Gasteiger partial charge >= 0.3 is 12.2 Å². The third-order valence-electron chi connectivity index (χ3n) is 4.14. The minimum Gasteiger partial charge on any atom is -0.448 e. The number of carbonyl (C=O) groups excluding carboxylic acids is 3. The first kappa shape index (κ1) is 20.4. The number of hydrogen-bond acceptors (Lipinski definition) is 6. The summed E-state index contributed by atoms with van der Waals surface area (Å²) in [5.74, 6) is -0.148. The lowest BCUT2D eigenvalue weighted by Crippen LogP contribution is -2.34. The van der Waals surface area contributed by atoms with Crippen LogP contribution in [0.2, 0.25) is 0 Å². The Kier molecular flexibility index (Phi) is 5.58. The second kappa shape index (κ2) is 7.94. The van der Waals surface area contributed by atoms with Crippen molar-refractivity contribution in [3.05, 3.63) is 47.2 Å². The van der Waals surface area contributed by atoms with E-state index >= 15 is 0 Å². The van der Waals surface area contributed by atoms with Crippen LogP contribution in [0.1, 0.15) is 49.3 Å². The highest BCUT2D eigenvalue weighted by molar-refractivity contribution is 6.04. The molecule has 3 rings (SSSR count). The predicted octanol–water partition coefficient (Wildman–Crippen LogP) is 3.39. The van der Waals surface area contributed by atoms with Crippen molar-refractivity contribution >= 4 is 23.9 Å². The molecule has 0 radical (unpaired) electrons. The summed E-state index contributed by atoms with van der Waals surface area (Å²) in [6, 6.07) is 8.65. The normalized spacial score (nSPS) is 13.0. The van der Waals surface area contributed by atoms with E-state index in [1.165, 1.54) is 4.90 Å². The Morgan fingerprint density at radius 1 is 1.10 bits per heavy atom. The molecular weight excluding hydrogens is 376 g/mol. The molecule has 2 heterocycles. The summed E-state index contributed by atoms with van der Waals surface area (Å²) in [5, 5.41) is 6.94. The average Bonchev–Trinajstić information content (AvgIpc) is 3.22. The van der Waals surface area contributed by atoms with E-state index in [4.69, 9.17) is 9.47 Å². The molecule has 1 aromatic carbocycles. The van der Waals surface area contributed by atoms with E-state index in [0.717, 1.165) is 4.68 Å². The van der Waals surface area contributed by atoms with Crippen LogP contribution in [0, 0.1) is 0 Å². The molecule has 9 nitrogen and oxygen atoms in total. The zero-order chi connectivity index (χ0) is 21.2. The zero-order valence-corrected chi connectivity index (χ0v) is 16.9. The molecule has 0 fully saturated rings. The maximum atomic E-state index is 12.5. The fourth-order valence-electron chi connectivity index (χ4n) is 2.90. The number of amides is 2. The van der Waals surface area contributed by atoms with Gasteiger partial charge in [-0.25, -0.2) is 9.59 Å². The number of ether oxygens (including phenoxy) is 2. The standard InChI is InChI=1S/C20H24N4O5/c1-5-28-19(27)24-15-12-23(18(26)29-20(2,3)4)11-14(15)16(22-24)21-17(25)13-9-7-6-8-10-13/h6-10H,5,11-12H2,1-4H3,(H,21,22,25). The highest BCUT2D eigenvalue weighted by Gasteiger charge is 2.35. The Bertz CT molecular complexity index is 930. The number of carbonyl (C=O) groups is 3. The van der Waals surface area contributed by atoms with Crippen molar-refractivity contribution < 1.29 is 23.9 Å². The predicted molar refractivity (Wildman–Crippen MR) is 105 cm³/mol. The molecule has 1 aromatic heterocycles. The molecule has 9 heteroatoms. The first-order valence-corrected chi connectivity index (χ1v) is 9.32. The molecule has 1 aliphatic heterocycles. The van der Waals surface area contributed by atoms with Crippen LogP contribution in [-0.2, 0) is 22.6 Å². The molecule has 0 atom stereocenters. The Morgan fingerprint density at radius 3 is 2.41 bits per heavy atom. The molecule has 0 bridgehead atoms. The second-order valence-corrected chi connectivity index (χ2v) is 7.54. The molecule has 2 aromatic rings. The van der Waals surface area contributed by atoms with Crippen molar-refractivity contribution in [3.8, 4) is 0 Å². The van der Waals surface area contributed by atoms with Gasteiger partial charge in [0.25, 0.3) is 5.91 Å². The Labute approximate surface area is 168 Å². The van der Waals surface area contributed by atoms with Gasteiger partial charge in [0.1, 0.15) is 5.60 Å². The minimum absolute atomic E-state index is 0.122. The number of nitrogens with one attached hydrogen (secondary N) is 1. The van der Waals surface area contributed by atoms with Crippen LogP contribution in [0.5, 0.6) is 0 Å². The molecule has 29 heavy (non-hydrogen) atoms. The SMILES string of the molecule is CCOC(=O)n1nc(NC(=O)c2ccccc2)c2c1CN(C(=O)OC(C)(C)C)C2. The van der Waals surface area contributed by atoms with Crippen molar-refractivity contribution in [1.29, 1.82) is 0 Å². The quantitative estimate of drug-likeness (QED) is 0.847. The van der Waals surface area contributed by atoms with E-state index in [1.54, 1.807) is 52.0 Å². The van der Waals surface area contributed by atoms with Gasteiger partial charge in [-0.05, 0) is 39.8 Å². The van der Waals surface area contributed by atoms with Gasteiger partial charge in [-0.2, -0.15) is 4.68 Å². The van der Waals surface area contributed by atoms with Gasteiger partial charge in [-0.15, -0.1) is 5.10 Å². The van der Waals surface area contributed by atoms with Gasteiger partial charge in [-0.1, -0.05) is 18.2 Å². The number of anilines is 1. The van der Waals surface area contributed by atoms with Gasteiger partial charge in [0, 0.05) is 11.1 Å². The number of fused-ring (bicyclic) bond motifs is 1. The van der Waals surface area contributed by atoms with Gasteiger partial charge in [0.05, 0.1) is 25.4 Å². The lowest BCUT2D eigenvalue weighted by Gasteiger charge is -2.24. The van der Waals surface area contributed by atoms with E-state index in [2.05, 4.69) is 10.4 Å². The molecule has 0 aliphatic carbocycles. The van der Waals surface area contributed by atoms with E-state index in [-0.39, 0.29) is 31.4 Å². The van der Waals surface area contributed by atoms with Crippen LogP contribution in [0.25, 0.3) is 0 Å². The van der Waals surface area contributed by atoms with Crippen molar-refractivity contribution in [3.63, 3.8) is 0 Å². The van der Waals surface area contributed by atoms with Gasteiger partial charge in [0.2, 0.25) is 0 Å². The van der Waals surface area contributed by atoms with Crippen LogP contribution in [0.15, 0.2) is 30.3 Å². The molecule has 0 saturated carbocycles. The maximum absolute atomic E-state index is 12.5. The number of aromatic nitrogens is 2. The summed E-state index contributed by atoms with van der Waals surface area (Å²) in [6.45, 7) is 7.48. The van der Waals surface area contributed by atoms with Crippen LogP contribution in [0.3, 0.4) is 0 Å². The number of nitrogens with zero attached hydrogens (tertiary/aromatic N) is 3. The molecule has 0 spiro atoms. The third kappa shape index (κ3) is 4.56.